The third-order valence-electron chi connectivity index (χ3n) is 5.05. The van der Waals surface area contributed by atoms with Crippen LogP contribution in [0, 0.1) is 5.92 Å². The van der Waals surface area contributed by atoms with Gasteiger partial charge in [0.15, 0.2) is 0 Å². The van der Waals surface area contributed by atoms with Gasteiger partial charge in [-0.25, -0.2) is 0 Å². The minimum absolute atomic E-state index is 0.0596. The fourth-order valence-corrected chi connectivity index (χ4v) is 3.31. The van der Waals surface area contributed by atoms with Gasteiger partial charge in [-0.3, -0.25) is 14.6 Å². The molecule has 5 nitrogen and oxygen atoms in total. The van der Waals surface area contributed by atoms with Crippen LogP contribution in [0.5, 0.6) is 0 Å². The smallest absolute Gasteiger partial charge is 0.243 e. The number of carbonyl (C=O) groups is 2. The van der Waals surface area contributed by atoms with Crippen molar-refractivity contribution < 1.29 is 9.59 Å². The van der Waals surface area contributed by atoms with Crippen molar-refractivity contribution in [2.45, 2.75) is 102 Å². The Kier molecular flexibility index (Phi) is 18.9. The number of likely N-dealkylation sites (tertiary alicyclic amines) is 1. The lowest BCUT2D eigenvalue weighted by atomic mass is 10.0. The Labute approximate surface area is 203 Å². The van der Waals surface area contributed by atoms with Crippen molar-refractivity contribution in [3.63, 3.8) is 0 Å². The van der Waals surface area contributed by atoms with Gasteiger partial charge < -0.3 is 10.2 Å². The number of benzene rings is 1. The Morgan fingerprint density at radius 3 is 2.09 bits per heavy atom. The van der Waals surface area contributed by atoms with E-state index in [1.807, 2.05) is 81.4 Å². The summed E-state index contributed by atoms with van der Waals surface area (Å²) in [6.45, 7) is 22.9. The third kappa shape index (κ3) is 10.8. The van der Waals surface area contributed by atoms with Crippen LogP contribution >= 0.6 is 0 Å². The zero-order valence-corrected chi connectivity index (χ0v) is 23.1. The lowest BCUT2D eigenvalue weighted by molar-refractivity contribution is -0.140. The molecule has 0 bridgehead atoms. The first-order chi connectivity index (χ1) is 15.8. The highest BCUT2D eigenvalue weighted by Gasteiger charge is 2.34. The first-order valence-electron chi connectivity index (χ1n) is 12.7. The van der Waals surface area contributed by atoms with Crippen LogP contribution in [-0.4, -0.2) is 35.5 Å². The second-order valence-electron chi connectivity index (χ2n) is 7.36. The third-order valence-corrected chi connectivity index (χ3v) is 5.05. The molecule has 1 aliphatic heterocycles. The molecule has 0 aromatic heterocycles. The first-order valence-corrected chi connectivity index (χ1v) is 12.7. The predicted molar refractivity (Wildman–Crippen MR) is 144 cm³/mol. The van der Waals surface area contributed by atoms with Crippen LogP contribution in [0.25, 0.3) is 5.57 Å². The predicted octanol–water partition coefficient (Wildman–Crippen LogP) is 6.87. The number of nitrogens with zero attached hydrogens (tertiary/aromatic N) is 2. The lowest BCUT2D eigenvalue weighted by Gasteiger charge is -2.25. The molecule has 188 valence electrons. The number of aliphatic imine (C=N–C) groups is 1. The van der Waals surface area contributed by atoms with Gasteiger partial charge in [0.1, 0.15) is 6.04 Å². The summed E-state index contributed by atoms with van der Waals surface area (Å²) in [6.07, 6.45) is 3.42. The largest absolute Gasteiger partial charge is 0.350 e. The van der Waals surface area contributed by atoms with Gasteiger partial charge in [-0.15, -0.1) is 0 Å². The van der Waals surface area contributed by atoms with Crippen molar-refractivity contribution in [2.24, 2.45) is 10.9 Å². The molecular weight excluding hydrogens is 410 g/mol. The summed E-state index contributed by atoms with van der Waals surface area (Å²) >= 11 is 0. The quantitative estimate of drug-likeness (QED) is 0.472. The van der Waals surface area contributed by atoms with E-state index in [1.54, 1.807) is 11.1 Å². The molecule has 1 unspecified atom stereocenters. The lowest BCUT2D eigenvalue weighted by Crippen LogP contribution is -2.47. The van der Waals surface area contributed by atoms with E-state index in [2.05, 4.69) is 29.4 Å². The molecule has 1 heterocycles. The van der Waals surface area contributed by atoms with E-state index in [9.17, 15) is 9.59 Å². The van der Waals surface area contributed by atoms with Crippen molar-refractivity contribution in [1.29, 1.82) is 0 Å². The van der Waals surface area contributed by atoms with E-state index in [-0.39, 0.29) is 23.8 Å². The number of carbonyl (C=O) groups excluding carboxylic acids is 2. The van der Waals surface area contributed by atoms with Gasteiger partial charge in [-0.05, 0) is 50.3 Å². The molecule has 1 aromatic carbocycles. The molecule has 2 amide bonds. The van der Waals surface area contributed by atoms with Crippen molar-refractivity contribution >= 4 is 23.6 Å². The molecule has 1 aromatic rings. The number of hydrogen-bond acceptors (Lipinski definition) is 3. The van der Waals surface area contributed by atoms with Crippen LogP contribution in [0.15, 0.2) is 35.0 Å². The molecule has 0 radical (unpaired) electrons. The molecule has 1 N–H and O–H groups in total. The Morgan fingerprint density at radius 1 is 1.06 bits per heavy atom. The zero-order valence-electron chi connectivity index (χ0n) is 23.1. The van der Waals surface area contributed by atoms with Gasteiger partial charge >= 0.3 is 0 Å². The maximum absolute atomic E-state index is 12.6. The van der Waals surface area contributed by atoms with E-state index in [0.29, 0.717) is 13.1 Å². The normalized spacial score (nSPS) is 15.4. The second-order valence-corrected chi connectivity index (χ2v) is 7.36. The van der Waals surface area contributed by atoms with Crippen LogP contribution in [0.2, 0.25) is 0 Å². The number of amides is 2. The van der Waals surface area contributed by atoms with Gasteiger partial charge in [0.25, 0.3) is 0 Å². The van der Waals surface area contributed by atoms with Gasteiger partial charge in [0, 0.05) is 30.9 Å². The SMILES string of the molecule is CC.CC.CC.CC=N/C(C)=C(\C)c1ccc(CNC(=O)C2CCCN2C(=O)C(C)C)cc1. The topological polar surface area (TPSA) is 61.8 Å². The van der Waals surface area contributed by atoms with E-state index in [4.69, 9.17) is 0 Å². The zero-order chi connectivity index (χ0) is 26.0. The van der Waals surface area contributed by atoms with Gasteiger partial charge in [-0.1, -0.05) is 79.7 Å². The summed E-state index contributed by atoms with van der Waals surface area (Å²) in [7, 11) is 0. The molecule has 5 heteroatoms. The highest BCUT2D eigenvalue weighted by Crippen LogP contribution is 2.21. The van der Waals surface area contributed by atoms with Crippen LogP contribution in [0.4, 0.5) is 0 Å². The Balaban J connectivity index is 0. The van der Waals surface area contributed by atoms with E-state index >= 15 is 0 Å². The van der Waals surface area contributed by atoms with Crippen molar-refractivity contribution in [2.75, 3.05) is 6.54 Å². The van der Waals surface area contributed by atoms with Crippen molar-refractivity contribution in [3.8, 4) is 0 Å². The minimum atomic E-state index is -0.334. The molecular formula is C28H49N3O2. The molecule has 1 aliphatic rings. The molecule has 0 saturated carbocycles. The average molecular weight is 460 g/mol. The highest BCUT2D eigenvalue weighted by molar-refractivity contribution is 5.88. The van der Waals surface area contributed by atoms with Crippen LogP contribution < -0.4 is 5.32 Å². The van der Waals surface area contributed by atoms with Gasteiger partial charge in [0.05, 0.1) is 0 Å². The average Bonchev–Trinajstić information content (AvgIpc) is 3.35. The van der Waals surface area contributed by atoms with Gasteiger partial charge in [-0.2, -0.15) is 0 Å². The number of rotatable bonds is 6. The molecule has 1 atom stereocenters. The summed E-state index contributed by atoms with van der Waals surface area (Å²) in [4.78, 5) is 30.9. The summed E-state index contributed by atoms with van der Waals surface area (Å²) in [5.41, 5.74) is 4.29. The van der Waals surface area contributed by atoms with Crippen molar-refractivity contribution in [3.05, 3.63) is 41.1 Å². The Morgan fingerprint density at radius 2 is 1.61 bits per heavy atom. The number of hydrogen-bond donors (Lipinski definition) is 1. The summed E-state index contributed by atoms with van der Waals surface area (Å²) in [5, 5.41) is 2.99. The first kappa shape index (κ1) is 32.7. The highest BCUT2D eigenvalue weighted by atomic mass is 16.2. The standard InChI is InChI=1S/C22H31N3O2.3C2H6/c1-6-23-17(5)16(4)19-11-9-18(10-12-19)14-24-21(26)20-8-7-13-25(20)22(27)15(2)3;3*1-2/h6,9-12,15,20H,7-8,13-14H2,1-5H3,(H,24,26);3*1-2H3/b17-16+,23-6?;;;. The fourth-order valence-electron chi connectivity index (χ4n) is 3.31. The number of allylic oxidation sites excluding steroid dienone is 2. The number of nitrogens with one attached hydrogen (secondary N) is 1. The van der Waals surface area contributed by atoms with E-state index in [1.165, 1.54) is 0 Å². The molecule has 0 aliphatic carbocycles. The Bertz CT molecular complexity index is 734. The fraction of sp³-hybridized carbons (Fsp3) is 0.607. The molecule has 2 rings (SSSR count). The Hall–Kier alpha value is -2.43. The monoisotopic (exact) mass is 459 g/mol. The molecule has 0 spiro atoms. The van der Waals surface area contributed by atoms with Crippen LogP contribution in [0.3, 0.4) is 0 Å². The summed E-state index contributed by atoms with van der Waals surface area (Å²) < 4.78 is 0. The maximum atomic E-state index is 12.6. The van der Waals surface area contributed by atoms with Crippen LogP contribution in [0.1, 0.15) is 100 Å². The van der Waals surface area contributed by atoms with Gasteiger partial charge in [0.2, 0.25) is 11.8 Å². The molecule has 33 heavy (non-hydrogen) atoms. The summed E-state index contributed by atoms with van der Waals surface area (Å²) in [6, 6.07) is 7.81. The molecule has 1 saturated heterocycles. The van der Waals surface area contributed by atoms with E-state index in [0.717, 1.165) is 35.2 Å². The minimum Gasteiger partial charge on any atom is -0.350 e. The summed E-state index contributed by atoms with van der Waals surface area (Å²) in [5.74, 6) is -0.0816. The van der Waals surface area contributed by atoms with E-state index < -0.39 is 0 Å². The maximum Gasteiger partial charge on any atom is 0.243 e. The van der Waals surface area contributed by atoms with Crippen molar-refractivity contribution in [1.82, 2.24) is 10.2 Å². The van der Waals surface area contributed by atoms with Crippen LogP contribution in [-0.2, 0) is 16.1 Å². The second kappa shape index (κ2) is 19.1. The molecule has 1 fully saturated rings.